The van der Waals surface area contributed by atoms with E-state index < -0.39 is 0 Å². The maximum atomic E-state index is 3.84. The molecule has 1 N–H and O–H groups in total. The third-order valence-corrected chi connectivity index (χ3v) is 5.02. The topological polar surface area (TPSA) is 12.0 Å². The first kappa shape index (κ1) is 15.4. The molecule has 1 nitrogen and oxygen atoms in total. The minimum Gasteiger partial charge on any atom is -0.311 e. The average molecular weight is 257 g/mol. The number of nitrogens with one attached hydrogen (secondary N) is 1. The van der Waals surface area contributed by atoms with Gasteiger partial charge in [0.1, 0.15) is 0 Å². The molecule has 1 aliphatic carbocycles. The normalized spacial score (nSPS) is 27.7. The molecule has 0 bridgehead atoms. The van der Waals surface area contributed by atoms with Gasteiger partial charge >= 0.3 is 0 Å². The molecule has 2 heteroatoms. The van der Waals surface area contributed by atoms with Crippen molar-refractivity contribution in [3.8, 4) is 0 Å². The second-order valence-corrected chi connectivity index (χ2v) is 6.91. The highest BCUT2D eigenvalue weighted by Gasteiger charge is 2.19. The Morgan fingerprint density at radius 3 is 2.71 bits per heavy atom. The number of rotatable bonds is 7. The van der Waals surface area contributed by atoms with Crippen LogP contribution in [0, 0.1) is 5.92 Å². The van der Waals surface area contributed by atoms with E-state index in [1.807, 2.05) is 0 Å². The van der Waals surface area contributed by atoms with Gasteiger partial charge in [-0.1, -0.05) is 39.5 Å². The molecule has 0 aromatic carbocycles. The van der Waals surface area contributed by atoms with Gasteiger partial charge < -0.3 is 5.32 Å². The zero-order valence-corrected chi connectivity index (χ0v) is 12.8. The van der Waals surface area contributed by atoms with E-state index in [0.717, 1.165) is 12.0 Å². The summed E-state index contributed by atoms with van der Waals surface area (Å²) >= 11 is 2.06. The lowest BCUT2D eigenvalue weighted by molar-refractivity contribution is 0.398. The molecule has 3 unspecified atom stereocenters. The van der Waals surface area contributed by atoms with Gasteiger partial charge in [-0.15, -0.1) is 0 Å². The molecular formula is C15H31NS. The predicted molar refractivity (Wildman–Crippen MR) is 80.9 cm³/mol. The van der Waals surface area contributed by atoms with Crippen molar-refractivity contribution in [2.75, 3.05) is 11.5 Å². The van der Waals surface area contributed by atoms with E-state index in [1.54, 1.807) is 0 Å². The Labute approximate surface area is 113 Å². The molecule has 1 aliphatic rings. The van der Waals surface area contributed by atoms with Crippen LogP contribution in [0.3, 0.4) is 0 Å². The van der Waals surface area contributed by atoms with Crippen molar-refractivity contribution in [1.82, 2.24) is 5.32 Å². The summed E-state index contributed by atoms with van der Waals surface area (Å²) < 4.78 is 0. The number of thioether (sulfide) groups is 1. The van der Waals surface area contributed by atoms with Crippen molar-refractivity contribution in [2.45, 2.75) is 77.8 Å². The van der Waals surface area contributed by atoms with Gasteiger partial charge in [-0.2, -0.15) is 11.8 Å². The van der Waals surface area contributed by atoms with E-state index in [9.17, 15) is 0 Å². The largest absolute Gasteiger partial charge is 0.311 e. The first-order valence-corrected chi connectivity index (χ1v) is 8.75. The van der Waals surface area contributed by atoms with E-state index in [4.69, 9.17) is 0 Å². The van der Waals surface area contributed by atoms with Gasteiger partial charge in [-0.3, -0.25) is 0 Å². The third-order valence-electron chi connectivity index (χ3n) is 3.88. The first-order valence-electron chi connectivity index (χ1n) is 7.60. The minimum atomic E-state index is 0.688. The molecule has 0 aromatic rings. The zero-order valence-electron chi connectivity index (χ0n) is 12.0. The second kappa shape index (κ2) is 9.27. The highest BCUT2D eigenvalue weighted by Crippen LogP contribution is 2.26. The van der Waals surface area contributed by atoms with Crippen LogP contribution in [0.1, 0.15) is 65.7 Å². The maximum absolute atomic E-state index is 3.84. The highest BCUT2D eigenvalue weighted by molar-refractivity contribution is 7.99. The van der Waals surface area contributed by atoms with Crippen LogP contribution in [0.15, 0.2) is 0 Å². The van der Waals surface area contributed by atoms with Crippen LogP contribution in [-0.4, -0.2) is 23.6 Å². The summed E-state index contributed by atoms with van der Waals surface area (Å²) in [6, 6.07) is 1.48. The summed E-state index contributed by atoms with van der Waals surface area (Å²) in [5.41, 5.74) is 0. The van der Waals surface area contributed by atoms with Crippen LogP contribution >= 0.6 is 11.8 Å². The predicted octanol–water partition coefficient (Wildman–Crippen LogP) is 4.47. The Kier molecular flexibility index (Phi) is 8.38. The fourth-order valence-electron chi connectivity index (χ4n) is 2.99. The van der Waals surface area contributed by atoms with Gasteiger partial charge in [-0.25, -0.2) is 0 Å². The van der Waals surface area contributed by atoms with E-state index >= 15 is 0 Å². The fraction of sp³-hybridized carbons (Fsp3) is 1.00. The molecule has 0 saturated heterocycles. The van der Waals surface area contributed by atoms with Gasteiger partial charge in [-0.05, 0) is 37.9 Å². The highest BCUT2D eigenvalue weighted by atomic mass is 32.2. The average Bonchev–Trinajstić information content (AvgIpc) is 2.53. The quantitative estimate of drug-likeness (QED) is 0.676. The standard InChI is InChI=1S/C15H31NS/c1-4-7-14-8-6-9-15(11-10-14)16-13(3)12-17-5-2/h13-16H,4-12H2,1-3H3. The van der Waals surface area contributed by atoms with Gasteiger partial charge in [0.05, 0.1) is 0 Å². The lowest BCUT2D eigenvalue weighted by Gasteiger charge is -2.22. The molecule has 0 aliphatic heterocycles. The molecule has 1 fully saturated rings. The molecule has 102 valence electrons. The van der Waals surface area contributed by atoms with Crippen LogP contribution < -0.4 is 5.32 Å². The van der Waals surface area contributed by atoms with Crippen molar-refractivity contribution in [1.29, 1.82) is 0 Å². The Morgan fingerprint density at radius 2 is 2.00 bits per heavy atom. The SMILES string of the molecule is CCCC1CCCC(NC(C)CSCC)CC1. The lowest BCUT2D eigenvalue weighted by atomic mass is 9.95. The lowest BCUT2D eigenvalue weighted by Crippen LogP contribution is -2.37. The Bertz CT molecular complexity index is 184. The number of hydrogen-bond acceptors (Lipinski definition) is 2. The molecule has 17 heavy (non-hydrogen) atoms. The molecule has 0 heterocycles. The summed E-state index contributed by atoms with van der Waals surface area (Å²) in [7, 11) is 0. The van der Waals surface area contributed by atoms with Crippen LogP contribution in [0.2, 0.25) is 0 Å². The molecule has 1 rings (SSSR count). The minimum absolute atomic E-state index is 0.688. The summed E-state index contributed by atoms with van der Waals surface area (Å²) in [4.78, 5) is 0. The van der Waals surface area contributed by atoms with E-state index in [2.05, 4.69) is 37.8 Å². The van der Waals surface area contributed by atoms with Gasteiger partial charge in [0.25, 0.3) is 0 Å². The molecule has 0 radical (unpaired) electrons. The number of hydrogen-bond donors (Lipinski definition) is 1. The van der Waals surface area contributed by atoms with Crippen molar-refractivity contribution < 1.29 is 0 Å². The van der Waals surface area contributed by atoms with Crippen molar-refractivity contribution in [2.24, 2.45) is 5.92 Å². The molecular weight excluding hydrogens is 226 g/mol. The molecule has 0 amide bonds. The van der Waals surface area contributed by atoms with E-state index in [1.165, 1.54) is 56.5 Å². The monoisotopic (exact) mass is 257 g/mol. The van der Waals surface area contributed by atoms with E-state index in [-0.39, 0.29) is 0 Å². The van der Waals surface area contributed by atoms with E-state index in [0.29, 0.717) is 6.04 Å². The van der Waals surface area contributed by atoms with Crippen LogP contribution in [-0.2, 0) is 0 Å². The van der Waals surface area contributed by atoms with Gasteiger partial charge in [0, 0.05) is 17.8 Å². The third kappa shape index (κ3) is 6.71. The van der Waals surface area contributed by atoms with Gasteiger partial charge in [0.2, 0.25) is 0 Å². The maximum Gasteiger partial charge on any atom is 0.0132 e. The summed E-state index contributed by atoms with van der Waals surface area (Å²) in [6.45, 7) is 6.92. The van der Waals surface area contributed by atoms with Crippen LogP contribution in [0.25, 0.3) is 0 Å². The summed E-state index contributed by atoms with van der Waals surface area (Å²) in [5, 5.41) is 3.84. The smallest absolute Gasteiger partial charge is 0.0132 e. The zero-order chi connectivity index (χ0) is 12.5. The Balaban J connectivity index is 2.21. The molecule has 1 saturated carbocycles. The Hall–Kier alpha value is 0.310. The second-order valence-electron chi connectivity index (χ2n) is 5.59. The summed E-state index contributed by atoms with van der Waals surface area (Å²) in [6.07, 6.45) is 10.0. The molecule has 0 aromatic heterocycles. The fourth-order valence-corrected chi connectivity index (χ4v) is 3.67. The van der Waals surface area contributed by atoms with Crippen LogP contribution in [0.4, 0.5) is 0 Å². The Morgan fingerprint density at radius 1 is 1.18 bits per heavy atom. The van der Waals surface area contributed by atoms with Crippen molar-refractivity contribution in [3.05, 3.63) is 0 Å². The van der Waals surface area contributed by atoms with Gasteiger partial charge in [0.15, 0.2) is 0 Å². The van der Waals surface area contributed by atoms with Crippen molar-refractivity contribution in [3.63, 3.8) is 0 Å². The van der Waals surface area contributed by atoms with Crippen molar-refractivity contribution >= 4 is 11.8 Å². The van der Waals surface area contributed by atoms with Crippen LogP contribution in [0.5, 0.6) is 0 Å². The summed E-state index contributed by atoms with van der Waals surface area (Å²) in [5.74, 6) is 3.54. The molecule has 0 spiro atoms. The first-order chi connectivity index (χ1) is 8.26. The molecule has 3 atom stereocenters.